The molecule has 0 aliphatic rings. The first-order valence-corrected chi connectivity index (χ1v) is 8.60. The SMILES string of the molecule is Cc1cc(Cl)ccc1-c1nccc(CCCc2cnc(N)s2)n1. The number of halogens is 1. The van der Waals surface area contributed by atoms with Crippen LogP contribution in [-0.2, 0) is 12.8 Å². The van der Waals surface area contributed by atoms with Crippen LogP contribution < -0.4 is 5.73 Å². The maximum absolute atomic E-state index is 6.01. The van der Waals surface area contributed by atoms with Crippen molar-refractivity contribution in [3.05, 3.63) is 57.8 Å². The van der Waals surface area contributed by atoms with Gasteiger partial charge in [0.25, 0.3) is 0 Å². The van der Waals surface area contributed by atoms with Crippen LogP contribution in [-0.4, -0.2) is 15.0 Å². The van der Waals surface area contributed by atoms with Gasteiger partial charge in [0.2, 0.25) is 0 Å². The number of hydrogen-bond donors (Lipinski definition) is 1. The highest BCUT2D eigenvalue weighted by Crippen LogP contribution is 2.23. The number of anilines is 1. The van der Waals surface area contributed by atoms with Crippen molar-refractivity contribution in [1.82, 2.24) is 15.0 Å². The van der Waals surface area contributed by atoms with E-state index in [4.69, 9.17) is 17.3 Å². The molecular formula is C17H17ClN4S. The van der Waals surface area contributed by atoms with E-state index in [9.17, 15) is 0 Å². The van der Waals surface area contributed by atoms with Gasteiger partial charge in [0, 0.05) is 33.6 Å². The lowest BCUT2D eigenvalue weighted by molar-refractivity contribution is 0.803. The van der Waals surface area contributed by atoms with Crippen LogP contribution in [0, 0.1) is 6.92 Å². The molecule has 0 amide bonds. The van der Waals surface area contributed by atoms with E-state index in [1.54, 1.807) is 11.3 Å². The summed E-state index contributed by atoms with van der Waals surface area (Å²) in [7, 11) is 0. The van der Waals surface area contributed by atoms with E-state index >= 15 is 0 Å². The van der Waals surface area contributed by atoms with Crippen molar-refractivity contribution in [3.8, 4) is 11.4 Å². The standard InChI is InChI=1S/C17H17ClN4S/c1-11-9-12(18)5-6-15(11)16-20-8-7-13(22-16)3-2-4-14-10-21-17(19)23-14/h5-10H,2-4H2,1H3,(H2,19,21). The van der Waals surface area contributed by atoms with Crippen LogP contribution in [0.15, 0.2) is 36.7 Å². The molecule has 0 radical (unpaired) electrons. The predicted octanol–water partition coefficient (Wildman–Crippen LogP) is 4.32. The monoisotopic (exact) mass is 344 g/mol. The zero-order valence-corrected chi connectivity index (χ0v) is 14.4. The first-order valence-electron chi connectivity index (χ1n) is 7.40. The van der Waals surface area contributed by atoms with Crippen molar-refractivity contribution in [1.29, 1.82) is 0 Å². The topological polar surface area (TPSA) is 64.7 Å². The maximum atomic E-state index is 6.01. The van der Waals surface area contributed by atoms with Crippen molar-refractivity contribution in [2.24, 2.45) is 0 Å². The Morgan fingerprint density at radius 3 is 2.78 bits per heavy atom. The first-order chi connectivity index (χ1) is 11.1. The van der Waals surface area contributed by atoms with E-state index in [1.165, 1.54) is 4.88 Å². The number of aromatic nitrogens is 3. The van der Waals surface area contributed by atoms with Crippen molar-refractivity contribution in [3.63, 3.8) is 0 Å². The van der Waals surface area contributed by atoms with E-state index < -0.39 is 0 Å². The smallest absolute Gasteiger partial charge is 0.180 e. The molecule has 0 fully saturated rings. The molecule has 0 atom stereocenters. The first kappa shape index (κ1) is 15.9. The molecule has 0 unspecified atom stereocenters. The minimum Gasteiger partial charge on any atom is -0.375 e. The van der Waals surface area contributed by atoms with E-state index in [-0.39, 0.29) is 0 Å². The van der Waals surface area contributed by atoms with Crippen LogP contribution in [0.3, 0.4) is 0 Å². The number of aryl methyl sites for hydroxylation is 3. The second-order valence-electron chi connectivity index (χ2n) is 5.35. The van der Waals surface area contributed by atoms with Crippen LogP contribution in [0.5, 0.6) is 0 Å². The zero-order chi connectivity index (χ0) is 16.2. The minimum atomic E-state index is 0.627. The molecule has 0 saturated carbocycles. The van der Waals surface area contributed by atoms with Gasteiger partial charge in [0.1, 0.15) is 0 Å². The van der Waals surface area contributed by atoms with Crippen molar-refractivity contribution >= 4 is 28.1 Å². The van der Waals surface area contributed by atoms with Gasteiger partial charge in [-0.2, -0.15) is 0 Å². The van der Waals surface area contributed by atoms with Crippen LogP contribution >= 0.6 is 22.9 Å². The third-order valence-corrected chi connectivity index (χ3v) is 4.69. The van der Waals surface area contributed by atoms with Gasteiger partial charge in [-0.05, 0) is 56.0 Å². The zero-order valence-electron chi connectivity index (χ0n) is 12.8. The number of rotatable bonds is 5. The molecule has 3 aromatic rings. The number of nitrogen functional groups attached to an aromatic ring is 1. The second kappa shape index (κ2) is 7.06. The van der Waals surface area contributed by atoms with E-state index in [2.05, 4.69) is 15.0 Å². The van der Waals surface area contributed by atoms with Crippen LogP contribution in [0.25, 0.3) is 11.4 Å². The van der Waals surface area contributed by atoms with Gasteiger partial charge in [-0.15, -0.1) is 11.3 Å². The van der Waals surface area contributed by atoms with Crippen molar-refractivity contribution in [2.75, 3.05) is 5.73 Å². The highest BCUT2D eigenvalue weighted by atomic mass is 35.5. The van der Waals surface area contributed by atoms with E-state index in [0.29, 0.717) is 5.13 Å². The Morgan fingerprint density at radius 1 is 1.17 bits per heavy atom. The predicted molar refractivity (Wildman–Crippen MR) is 95.8 cm³/mol. The number of hydrogen-bond acceptors (Lipinski definition) is 5. The molecule has 0 spiro atoms. The van der Waals surface area contributed by atoms with Crippen LogP contribution in [0.1, 0.15) is 22.6 Å². The van der Waals surface area contributed by atoms with Gasteiger partial charge in [0.15, 0.2) is 11.0 Å². The number of benzene rings is 1. The fourth-order valence-electron chi connectivity index (χ4n) is 2.42. The van der Waals surface area contributed by atoms with Gasteiger partial charge < -0.3 is 5.73 Å². The second-order valence-corrected chi connectivity index (χ2v) is 6.93. The molecule has 2 N–H and O–H groups in total. The van der Waals surface area contributed by atoms with E-state index in [0.717, 1.165) is 46.9 Å². The Morgan fingerprint density at radius 2 is 2.04 bits per heavy atom. The van der Waals surface area contributed by atoms with E-state index in [1.807, 2.05) is 43.6 Å². The van der Waals surface area contributed by atoms with Crippen LogP contribution in [0.4, 0.5) is 5.13 Å². The Kier molecular flexibility index (Phi) is 4.88. The summed E-state index contributed by atoms with van der Waals surface area (Å²) < 4.78 is 0. The quantitative estimate of drug-likeness (QED) is 0.748. The molecular weight excluding hydrogens is 328 g/mol. The molecule has 6 heteroatoms. The van der Waals surface area contributed by atoms with Gasteiger partial charge in [-0.3, -0.25) is 0 Å². The highest BCUT2D eigenvalue weighted by molar-refractivity contribution is 7.15. The van der Waals surface area contributed by atoms with Gasteiger partial charge in [0.05, 0.1) is 0 Å². The summed E-state index contributed by atoms with van der Waals surface area (Å²) in [5, 5.41) is 1.36. The fraction of sp³-hybridized carbons (Fsp3) is 0.235. The van der Waals surface area contributed by atoms with Gasteiger partial charge in [-0.1, -0.05) is 11.6 Å². The average molecular weight is 345 g/mol. The molecule has 0 aliphatic heterocycles. The lowest BCUT2D eigenvalue weighted by Crippen LogP contribution is -1.97. The molecule has 118 valence electrons. The van der Waals surface area contributed by atoms with Crippen molar-refractivity contribution < 1.29 is 0 Å². The average Bonchev–Trinajstić information content (AvgIpc) is 2.93. The fourth-order valence-corrected chi connectivity index (χ4v) is 3.38. The molecule has 1 aromatic carbocycles. The minimum absolute atomic E-state index is 0.627. The molecule has 4 nitrogen and oxygen atoms in total. The Bertz CT molecular complexity index is 816. The lowest BCUT2D eigenvalue weighted by Gasteiger charge is -2.07. The summed E-state index contributed by atoms with van der Waals surface area (Å²) in [6, 6.07) is 7.74. The summed E-state index contributed by atoms with van der Waals surface area (Å²) in [6.07, 6.45) is 6.55. The molecule has 0 saturated heterocycles. The number of nitrogens with two attached hydrogens (primary N) is 1. The van der Waals surface area contributed by atoms with Gasteiger partial charge >= 0.3 is 0 Å². The molecule has 2 heterocycles. The van der Waals surface area contributed by atoms with Crippen molar-refractivity contribution in [2.45, 2.75) is 26.2 Å². The molecule has 2 aromatic heterocycles. The molecule has 23 heavy (non-hydrogen) atoms. The van der Waals surface area contributed by atoms with Gasteiger partial charge in [-0.25, -0.2) is 15.0 Å². The third kappa shape index (κ3) is 4.06. The number of nitrogens with zero attached hydrogens (tertiary/aromatic N) is 3. The molecule has 3 rings (SSSR count). The lowest BCUT2D eigenvalue weighted by atomic mass is 10.1. The summed E-state index contributed by atoms with van der Waals surface area (Å²) in [4.78, 5) is 14.4. The Hall–Kier alpha value is -1.98. The summed E-state index contributed by atoms with van der Waals surface area (Å²) in [5.74, 6) is 0.749. The number of thiazole rings is 1. The summed E-state index contributed by atoms with van der Waals surface area (Å²) in [6.45, 7) is 2.02. The molecule has 0 bridgehead atoms. The third-order valence-electron chi connectivity index (χ3n) is 3.57. The Labute approximate surface area is 144 Å². The molecule has 0 aliphatic carbocycles. The summed E-state index contributed by atoms with van der Waals surface area (Å²) >= 11 is 7.56. The maximum Gasteiger partial charge on any atom is 0.180 e. The van der Waals surface area contributed by atoms with Crippen LogP contribution in [0.2, 0.25) is 5.02 Å². The highest BCUT2D eigenvalue weighted by Gasteiger charge is 2.07. The Balaban J connectivity index is 1.69. The normalized spacial score (nSPS) is 10.9. The summed E-state index contributed by atoms with van der Waals surface area (Å²) in [5.41, 5.74) is 8.79. The largest absolute Gasteiger partial charge is 0.375 e.